The van der Waals surface area contributed by atoms with Crippen LogP contribution in [0, 0.1) is 0 Å². The molecule has 0 aliphatic carbocycles. The molecule has 1 aromatic carbocycles. The van der Waals surface area contributed by atoms with Crippen molar-refractivity contribution in [2.45, 2.75) is 30.8 Å². The molecule has 2 unspecified atom stereocenters. The first-order valence-electron chi connectivity index (χ1n) is 5.87. The van der Waals surface area contributed by atoms with Gasteiger partial charge in [-0.2, -0.15) is 0 Å². The first kappa shape index (κ1) is 12.5. The van der Waals surface area contributed by atoms with Crippen LogP contribution in [0.1, 0.15) is 6.93 Å². The standard InChI is InChI=1S/C12H18O5/c13-7-10(15)12(17)11(16)9(14)6-8-4-2-1-3-5-8/h1-5,9-17H,6-7H2/t9?,10-,11+,12-/m1/s1/i6D/t6?,9?,10-,11+,12-. The summed E-state index contributed by atoms with van der Waals surface area (Å²) in [6, 6.07) is 8.36. The van der Waals surface area contributed by atoms with Gasteiger partial charge >= 0.3 is 0 Å². The molecule has 1 aromatic rings. The lowest BCUT2D eigenvalue weighted by molar-refractivity contribution is -0.114. The highest BCUT2D eigenvalue weighted by molar-refractivity contribution is 5.15. The lowest BCUT2D eigenvalue weighted by atomic mass is 9.98. The van der Waals surface area contributed by atoms with Crippen LogP contribution >= 0.6 is 0 Å². The van der Waals surface area contributed by atoms with E-state index >= 15 is 0 Å². The first-order chi connectivity index (χ1) is 8.49. The summed E-state index contributed by atoms with van der Waals surface area (Å²) < 4.78 is 7.78. The Balaban J connectivity index is 2.72. The summed E-state index contributed by atoms with van der Waals surface area (Å²) in [6.07, 6.45) is -7.70. The molecule has 0 aliphatic heterocycles. The number of benzene rings is 1. The molecule has 0 saturated carbocycles. The summed E-state index contributed by atoms with van der Waals surface area (Å²) in [5.74, 6) is 0. The van der Waals surface area contributed by atoms with E-state index in [1.165, 1.54) is 0 Å². The third-order valence-corrected chi connectivity index (χ3v) is 2.44. The molecule has 5 N–H and O–H groups in total. The Morgan fingerprint density at radius 2 is 1.47 bits per heavy atom. The van der Waals surface area contributed by atoms with Gasteiger partial charge in [-0.25, -0.2) is 0 Å². The highest BCUT2D eigenvalue weighted by atomic mass is 16.4. The van der Waals surface area contributed by atoms with E-state index in [0.29, 0.717) is 5.56 Å². The quantitative estimate of drug-likeness (QED) is 0.426. The molecule has 0 saturated heterocycles. The minimum Gasteiger partial charge on any atom is -0.394 e. The molecule has 5 heteroatoms. The molecule has 0 aliphatic rings. The molecule has 0 spiro atoms. The second kappa shape index (κ2) is 6.68. The number of rotatable bonds is 6. The van der Waals surface area contributed by atoms with E-state index in [2.05, 4.69) is 0 Å². The van der Waals surface area contributed by atoms with Crippen molar-refractivity contribution in [3.63, 3.8) is 0 Å². The maximum absolute atomic E-state index is 9.76. The Morgan fingerprint density at radius 1 is 0.941 bits per heavy atom. The topological polar surface area (TPSA) is 101 Å². The van der Waals surface area contributed by atoms with E-state index in [4.69, 9.17) is 11.6 Å². The van der Waals surface area contributed by atoms with E-state index in [1.807, 2.05) is 0 Å². The van der Waals surface area contributed by atoms with Gasteiger partial charge in [0.15, 0.2) is 0 Å². The Kier molecular flexibility index (Phi) is 4.90. The predicted octanol–water partition coefficient (Wildman–Crippen LogP) is -1.34. The molecular weight excluding hydrogens is 224 g/mol. The van der Waals surface area contributed by atoms with E-state index in [-0.39, 0.29) is 0 Å². The SMILES string of the molecule is [2H]C(c1ccccc1)C(O)[C@H](O)[C@H](O)[C@H](O)CO. The van der Waals surface area contributed by atoms with Gasteiger partial charge in [-0.3, -0.25) is 0 Å². The monoisotopic (exact) mass is 243 g/mol. The van der Waals surface area contributed by atoms with Crippen molar-refractivity contribution in [1.29, 1.82) is 0 Å². The van der Waals surface area contributed by atoms with Gasteiger partial charge < -0.3 is 25.5 Å². The van der Waals surface area contributed by atoms with Crippen LogP contribution in [-0.4, -0.2) is 56.6 Å². The summed E-state index contributed by atoms with van der Waals surface area (Å²) in [7, 11) is 0. The molecule has 0 radical (unpaired) electrons. The van der Waals surface area contributed by atoms with E-state index in [9.17, 15) is 15.3 Å². The van der Waals surface area contributed by atoms with Gasteiger partial charge in [-0.1, -0.05) is 30.3 Å². The zero-order valence-electron chi connectivity index (χ0n) is 10.2. The summed E-state index contributed by atoms with van der Waals surface area (Å²) in [5.41, 5.74) is 0.481. The number of aliphatic hydroxyl groups is 5. The van der Waals surface area contributed by atoms with Gasteiger partial charge in [-0.05, 0) is 5.56 Å². The second-order valence-corrected chi connectivity index (χ2v) is 3.80. The third-order valence-electron chi connectivity index (χ3n) is 2.44. The summed E-state index contributed by atoms with van der Waals surface area (Å²) in [6.45, 7) is -0.737. The molecular formula is C12H18O5. The summed E-state index contributed by atoms with van der Waals surface area (Å²) in [5, 5.41) is 46.6. The minimum absolute atomic E-state index is 0.481. The smallest absolute Gasteiger partial charge is 0.110 e. The van der Waals surface area contributed by atoms with Crippen molar-refractivity contribution in [1.82, 2.24) is 0 Å². The maximum Gasteiger partial charge on any atom is 0.110 e. The third kappa shape index (κ3) is 4.07. The highest BCUT2D eigenvalue weighted by Crippen LogP contribution is 2.10. The molecule has 17 heavy (non-hydrogen) atoms. The van der Waals surface area contributed by atoms with Crippen molar-refractivity contribution in [2.24, 2.45) is 0 Å². The molecule has 0 bridgehead atoms. The zero-order chi connectivity index (χ0) is 13.7. The molecule has 5 atom stereocenters. The van der Waals surface area contributed by atoms with Crippen LogP contribution in [-0.2, 0) is 6.40 Å². The fourth-order valence-corrected chi connectivity index (χ4v) is 1.40. The zero-order valence-corrected chi connectivity index (χ0v) is 9.22. The van der Waals surface area contributed by atoms with Gasteiger partial charge in [0, 0.05) is 7.77 Å². The summed E-state index contributed by atoms with van der Waals surface area (Å²) >= 11 is 0. The van der Waals surface area contributed by atoms with Crippen LogP contribution in [0.5, 0.6) is 0 Å². The predicted molar refractivity (Wildman–Crippen MR) is 61.3 cm³/mol. The Morgan fingerprint density at radius 3 is 2.00 bits per heavy atom. The van der Waals surface area contributed by atoms with Gasteiger partial charge in [0.25, 0.3) is 0 Å². The Bertz CT molecular complexity index is 348. The fraction of sp³-hybridized carbons (Fsp3) is 0.500. The Labute approximate surface area is 101 Å². The van der Waals surface area contributed by atoms with Gasteiger partial charge in [0.2, 0.25) is 0 Å². The van der Waals surface area contributed by atoms with E-state index in [0.717, 1.165) is 0 Å². The van der Waals surface area contributed by atoms with Crippen LogP contribution in [0.15, 0.2) is 30.3 Å². The van der Waals surface area contributed by atoms with Gasteiger partial charge in [0.1, 0.15) is 18.3 Å². The lowest BCUT2D eigenvalue weighted by Crippen LogP contribution is -2.46. The van der Waals surface area contributed by atoms with Crippen LogP contribution in [0.2, 0.25) is 0 Å². The maximum atomic E-state index is 9.76. The normalized spacial score (nSPS) is 21.1. The summed E-state index contributed by atoms with van der Waals surface area (Å²) in [4.78, 5) is 0. The van der Waals surface area contributed by atoms with Crippen molar-refractivity contribution in [2.75, 3.05) is 6.61 Å². The van der Waals surface area contributed by atoms with Crippen LogP contribution in [0.3, 0.4) is 0 Å². The fourth-order valence-electron chi connectivity index (χ4n) is 1.40. The Hall–Kier alpha value is -0.980. The van der Waals surface area contributed by atoms with Gasteiger partial charge in [0.05, 0.1) is 12.7 Å². The van der Waals surface area contributed by atoms with E-state index in [1.54, 1.807) is 30.3 Å². The van der Waals surface area contributed by atoms with Crippen LogP contribution in [0.25, 0.3) is 0 Å². The van der Waals surface area contributed by atoms with E-state index < -0.39 is 37.4 Å². The van der Waals surface area contributed by atoms with Crippen molar-refractivity contribution in [3.05, 3.63) is 35.9 Å². The average Bonchev–Trinajstić information content (AvgIpc) is 2.44. The van der Waals surface area contributed by atoms with Gasteiger partial charge in [-0.15, -0.1) is 0 Å². The number of aliphatic hydroxyl groups excluding tert-OH is 5. The molecule has 0 aromatic heterocycles. The molecule has 0 amide bonds. The van der Waals surface area contributed by atoms with Crippen LogP contribution < -0.4 is 0 Å². The molecule has 0 heterocycles. The van der Waals surface area contributed by atoms with Crippen molar-refractivity contribution < 1.29 is 26.9 Å². The van der Waals surface area contributed by atoms with Crippen molar-refractivity contribution in [3.8, 4) is 0 Å². The minimum atomic E-state index is -1.71. The highest BCUT2D eigenvalue weighted by Gasteiger charge is 2.29. The lowest BCUT2D eigenvalue weighted by Gasteiger charge is -2.25. The van der Waals surface area contributed by atoms with Crippen molar-refractivity contribution >= 4 is 0 Å². The molecule has 5 nitrogen and oxygen atoms in total. The average molecular weight is 243 g/mol. The van der Waals surface area contributed by atoms with Crippen LogP contribution in [0.4, 0.5) is 0 Å². The molecule has 1 rings (SSSR count). The second-order valence-electron chi connectivity index (χ2n) is 3.80. The molecule has 96 valence electrons. The molecule has 0 fully saturated rings. The first-order valence-corrected chi connectivity index (χ1v) is 5.29. The largest absolute Gasteiger partial charge is 0.394 e. The number of hydrogen-bond donors (Lipinski definition) is 5. The number of hydrogen-bond acceptors (Lipinski definition) is 5.